The van der Waals surface area contributed by atoms with Crippen LogP contribution in [0.2, 0.25) is 0 Å². The molecule has 0 unspecified atom stereocenters. The third-order valence-electron chi connectivity index (χ3n) is 2.82. The van der Waals surface area contributed by atoms with Crippen LogP contribution in [0.25, 0.3) is 0 Å². The fourth-order valence-electron chi connectivity index (χ4n) is 2.12. The number of rotatable bonds is 2. The largest absolute Gasteiger partial charge is 0.344 e. The number of aromatic amines is 1. The second-order valence-electron chi connectivity index (χ2n) is 3.94. The van der Waals surface area contributed by atoms with Crippen molar-refractivity contribution < 1.29 is 4.79 Å². The third-order valence-corrected chi connectivity index (χ3v) is 2.82. The van der Waals surface area contributed by atoms with Gasteiger partial charge in [-0.25, -0.2) is 4.98 Å². The van der Waals surface area contributed by atoms with E-state index < -0.39 is 0 Å². The van der Waals surface area contributed by atoms with E-state index in [1.165, 1.54) is 0 Å². The molecule has 1 fully saturated rings. The van der Waals surface area contributed by atoms with Gasteiger partial charge in [-0.3, -0.25) is 4.79 Å². The number of likely N-dealkylation sites (N-methyl/N-ethyl adjacent to an activating group) is 1. The van der Waals surface area contributed by atoms with Crippen LogP contribution in [0.15, 0.2) is 6.20 Å². The van der Waals surface area contributed by atoms with Crippen molar-refractivity contribution >= 4 is 5.91 Å². The Bertz CT molecular complexity index is 373. The van der Waals surface area contributed by atoms with Crippen LogP contribution in [-0.4, -0.2) is 33.4 Å². The molecule has 1 amide bonds. The van der Waals surface area contributed by atoms with E-state index in [9.17, 15) is 4.79 Å². The summed E-state index contributed by atoms with van der Waals surface area (Å²) in [7, 11) is 0. The Morgan fingerprint density at radius 1 is 1.73 bits per heavy atom. The Labute approximate surface area is 88.7 Å². The van der Waals surface area contributed by atoms with E-state index in [2.05, 4.69) is 9.97 Å². The molecule has 0 bridgehead atoms. The predicted molar refractivity (Wildman–Crippen MR) is 56.0 cm³/mol. The van der Waals surface area contributed by atoms with E-state index in [1.807, 2.05) is 13.8 Å². The Morgan fingerprint density at radius 3 is 3.00 bits per heavy atom. The van der Waals surface area contributed by atoms with E-state index >= 15 is 0 Å². The molecule has 0 spiro atoms. The molecule has 5 heteroatoms. The zero-order chi connectivity index (χ0) is 11.0. The zero-order valence-electron chi connectivity index (χ0n) is 9.03. The SMILES string of the molecule is CCN1C(=O)C[C@H](N)[C@H]1c1ncc(C)[nH]1. The number of H-pyrrole nitrogens is 1. The van der Waals surface area contributed by atoms with Crippen LogP contribution < -0.4 is 5.73 Å². The molecule has 1 aliphatic rings. The van der Waals surface area contributed by atoms with Gasteiger partial charge < -0.3 is 15.6 Å². The average Bonchev–Trinajstić information content (AvgIpc) is 2.70. The van der Waals surface area contributed by atoms with Crippen molar-refractivity contribution in [2.24, 2.45) is 5.73 Å². The van der Waals surface area contributed by atoms with Crippen LogP contribution in [0.5, 0.6) is 0 Å². The number of carbonyl (C=O) groups is 1. The highest BCUT2D eigenvalue weighted by atomic mass is 16.2. The van der Waals surface area contributed by atoms with Crippen LogP contribution in [0, 0.1) is 6.92 Å². The summed E-state index contributed by atoms with van der Waals surface area (Å²) in [5, 5.41) is 0. The van der Waals surface area contributed by atoms with Crippen LogP contribution in [-0.2, 0) is 4.79 Å². The summed E-state index contributed by atoms with van der Waals surface area (Å²) >= 11 is 0. The fraction of sp³-hybridized carbons (Fsp3) is 0.600. The molecule has 1 saturated heterocycles. The van der Waals surface area contributed by atoms with E-state index in [-0.39, 0.29) is 18.0 Å². The van der Waals surface area contributed by atoms with Gasteiger partial charge in [0.15, 0.2) is 0 Å². The summed E-state index contributed by atoms with van der Waals surface area (Å²) in [5.41, 5.74) is 6.95. The maximum absolute atomic E-state index is 11.6. The second-order valence-corrected chi connectivity index (χ2v) is 3.94. The van der Waals surface area contributed by atoms with Gasteiger partial charge in [-0.15, -0.1) is 0 Å². The first-order valence-electron chi connectivity index (χ1n) is 5.20. The molecular formula is C10H16N4O. The number of amides is 1. The lowest BCUT2D eigenvalue weighted by Crippen LogP contribution is -2.33. The number of nitrogens with two attached hydrogens (primary N) is 1. The Hall–Kier alpha value is -1.36. The molecule has 0 aromatic carbocycles. The van der Waals surface area contributed by atoms with Crippen molar-refractivity contribution in [1.82, 2.24) is 14.9 Å². The molecule has 82 valence electrons. The molecule has 1 aromatic rings. The van der Waals surface area contributed by atoms with E-state index in [4.69, 9.17) is 5.73 Å². The number of imidazole rings is 1. The molecule has 1 aliphatic heterocycles. The van der Waals surface area contributed by atoms with Crippen LogP contribution >= 0.6 is 0 Å². The normalized spacial score (nSPS) is 26.3. The highest BCUT2D eigenvalue weighted by molar-refractivity contribution is 5.80. The third kappa shape index (κ3) is 1.63. The number of nitrogens with zero attached hydrogens (tertiary/aromatic N) is 2. The average molecular weight is 208 g/mol. The number of carbonyl (C=O) groups excluding carboxylic acids is 1. The summed E-state index contributed by atoms with van der Waals surface area (Å²) in [6.45, 7) is 4.57. The van der Waals surface area contributed by atoms with Crippen LogP contribution in [0.4, 0.5) is 0 Å². The standard InChI is InChI=1S/C10H16N4O/c1-3-14-8(15)4-7(11)9(14)10-12-5-6(2)13-10/h5,7,9H,3-4,11H2,1-2H3,(H,12,13)/t7-,9-/m0/s1. The number of likely N-dealkylation sites (tertiary alicyclic amines) is 1. The lowest BCUT2D eigenvalue weighted by molar-refractivity contribution is -0.128. The molecule has 0 radical (unpaired) electrons. The monoisotopic (exact) mass is 208 g/mol. The maximum Gasteiger partial charge on any atom is 0.224 e. The zero-order valence-corrected chi connectivity index (χ0v) is 9.03. The quantitative estimate of drug-likeness (QED) is 0.736. The molecule has 15 heavy (non-hydrogen) atoms. The summed E-state index contributed by atoms with van der Waals surface area (Å²) in [5.74, 6) is 0.914. The second kappa shape index (κ2) is 3.66. The van der Waals surface area contributed by atoms with Crippen molar-refractivity contribution in [3.63, 3.8) is 0 Å². The van der Waals surface area contributed by atoms with Gasteiger partial charge in [0, 0.05) is 30.9 Å². The number of hydrogen-bond donors (Lipinski definition) is 2. The van der Waals surface area contributed by atoms with Gasteiger partial charge in [0.2, 0.25) is 5.91 Å². The summed E-state index contributed by atoms with van der Waals surface area (Å²) in [6, 6.07) is -0.237. The number of hydrogen-bond acceptors (Lipinski definition) is 3. The Balaban J connectivity index is 2.30. The molecule has 2 atom stereocenters. The first-order chi connectivity index (χ1) is 7.13. The summed E-state index contributed by atoms with van der Waals surface area (Å²) in [6.07, 6.45) is 2.18. The summed E-state index contributed by atoms with van der Waals surface area (Å²) < 4.78 is 0. The first kappa shape index (κ1) is 10.2. The van der Waals surface area contributed by atoms with Crippen molar-refractivity contribution in [1.29, 1.82) is 0 Å². The molecule has 2 rings (SSSR count). The van der Waals surface area contributed by atoms with Gasteiger partial charge in [-0.1, -0.05) is 0 Å². The first-order valence-corrected chi connectivity index (χ1v) is 5.20. The van der Waals surface area contributed by atoms with Gasteiger partial charge in [0.1, 0.15) is 11.9 Å². The van der Waals surface area contributed by atoms with Gasteiger partial charge in [0.05, 0.1) is 0 Å². The molecule has 2 heterocycles. The fourth-order valence-corrected chi connectivity index (χ4v) is 2.12. The van der Waals surface area contributed by atoms with Crippen molar-refractivity contribution in [3.05, 3.63) is 17.7 Å². The number of aryl methyl sites for hydroxylation is 1. The molecule has 3 N–H and O–H groups in total. The number of aromatic nitrogens is 2. The van der Waals surface area contributed by atoms with Gasteiger partial charge >= 0.3 is 0 Å². The molecule has 0 aliphatic carbocycles. The Morgan fingerprint density at radius 2 is 2.47 bits per heavy atom. The smallest absolute Gasteiger partial charge is 0.224 e. The van der Waals surface area contributed by atoms with Crippen LogP contribution in [0.1, 0.15) is 30.9 Å². The topological polar surface area (TPSA) is 75.0 Å². The minimum Gasteiger partial charge on any atom is -0.344 e. The van der Waals surface area contributed by atoms with Gasteiger partial charge in [-0.2, -0.15) is 0 Å². The molecular weight excluding hydrogens is 192 g/mol. The molecule has 0 saturated carbocycles. The molecule has 5 nitrogen and oxygen atoms in total. The van der Waals surface area contributed by atoms with Crippen molar-refractivity contribution in [2.45, 2.75) is 32.4 Å². The van der Waals surface area contributed by atoms with E-state index in [1.54, 1.807) is 11.1 Å². The molecule has 1 aromatic heterocycles. The van der Waals surface area contributed by atoms with Crippen molar-refractivity contribution in [2.75, 3.05) is 6.54 Å². The van der Waals surface area contributed by atoms with E-state index in [0.717, 1.165) is 11.5 Å². The maximum atomic E-state index is 11.6. The summed E-state index contributed by atoms with van der Waals surface area (Å²) in [4.78, 5) is 20.8. The highest BCUT2D eigenvalue weighted by Crippen LogP contribution is 2.29. The lowest BCUT2D eigenvalue weighted by Gasteiger charge is -2.23. The minimum atomic E-state index is -0.150. The van der Waals surface area contributed by atoms with E-state index in [0.29, 0.717) is 13.0 Å². The van der Waals surface area contributed by atoms with Crippen molar-refractivity contribution in [3.8, 4) is 0 Å². The van der Waals surface area contributed by atoms with Gasteiger partial charge in [-0.05, 0) is 13.8 Å². The highest BCUT2D eigenvalue weighted by Gasteiger charge is 2.39. The van der Waals surface area contributed by atoms with Gasteiger partial charge in [0.25, 0.3) is 0 Å². The Kier molecular flexibility index (Phi) is 2.48. The number of nitrogens with one attached hydrogen (secondary N) is 1. The lowest BCUT2D eigenvalue weighted by atomic mass is 10.1. The van der Waals surface area contributed by atoms with Crippen LogP contribution in [0.3, 0.4) is 0 Å². The minimum absolute atomic E-state index is 0.0869. The predicted octanol–water partition coefficient (Wildman–Crippen LogP) is 0.339.